The summed E-state index contributed by atoms with van der Waals surface area (Å²) in [6.45, 7) is 0. The number of thiophene rings is 1. The van der Waals surface area contributed by atoms with Crippen molar-refractivity contribution < 1.29 is 19.5 Å². The molecule has 142 valence electrons. The molecule has 0 aliphatic heterocycles. The molecule has 1 aromatic heterocycles. The summed E-state index contributed by atoms with van der Waals surface area (Å²) in [7, 11) is 0. The van der Waals surface area contributed by atoms with Crippen molar-refractivity contribution in [3.8, 4) is 0 Å². The van der Waals surface area contributed by atoms with E-state index in [1.54, 1.807) is 6.07 Å². The van der Waals surface area contributed by atoms with Crippen LogP contribution in [0.2, 0.25) is 0 Å². The molecule has 0 radical (unpaired) electrons. The van der Waals surface area contributed by atoms with Gasteiger partial charge in [-0.2, -0.15) is 0 Å². The van der Waals surface area contributed by atoms with E-state index < -0.39 is 23.7 Å². The Morgan fingerprint density at radius 3 is 2.41 bits per heavy atom. The van der Waals surface area contributed by atoms with Gasteiger partial charge in [0, 0.05) is 11.3 Å². The molecule has 3 rings (SSSR count). The van der Waals surface area contributed by atoms with E-state index in [4.69, 9.17) is 5.73 Å². The van der Waals surface area contributed by atoms with Crippen molar-refractivity contribution in [3.05, 3.63) is 52.4 Å². The minimum atomic E-state index is -0.944. The minimum Gasteiger partial charge on any atom is -0.481 e. The topological polar surface area (TPSA) is 109 Å². The van der Waals surface area contributed by atoms with Gasteiger partial charge in [-0.05, 0) is 24.5 Å². The predicted molar refractivity (Wildman–Crippen MR) is 104 cm³/mol. The Kier molecular flexibility index (Phi) is 5.91. The molecule has 2 aromatic rings. The van der Waals surface area contributed by atoms with E-state index in [1.807, 2.05) is 30.3 Å². The molecule has 6 nitrogen and oxygen atoms in total. The zero-order valence-corrected chi connectivity index (χ0v) is 15.6. The summed E-state index contributed by atoms with van der Waals surface area (Å²) < 4.78 is 0. The molecule has 0 bridgehead atoms. The zero-order valence-electron chi connectivity index (χ0n) is 14.8. The van der Waals surface area contributed by atoms with Crippen molar-refractivity contribution >= 4 is 34.1 Å². The number of benzene rings is 1. The number of nitrogens with one attached hydrogen (secondary N) is 1. The van der Waals surface area contributed by atoms with E-state index in [9.17, 15) is 19.5 Å². The third-order valence-electron chi connectivity index (χ3n) is 4.93. The van der Waals surface area contributed by atoms with E-state index in [0.717, 1.165) is 23.3 Å². The van der Waals surface area contributed by atoms with Gasteiger partial charge >= 0.3 is 5.97 Å². The van der Waals surface area contributed by atoms with Crippen molar-refractivity contribution in [2.45, 2.75) is 32.1 Å². The van der Waals surface area contributed by atoms with Gasteiger partial charge in [-0.15, -0.1) is 11.3 Å². The van der Waals surface area contributed by atoms with Crippen LogP contribution in [0.15, 0.2) is 36.4 Å². The van der Waals surface area contributed by atoms with Crippen molar-refractivity contribution in [3.63, 3.8) is 0 Å². The van der Waals surface area contributed by atoms with E-state index >= 15 is 0 Å². The first-order valence-corrected chi connectivity index (χ1v) is 9.77. The van der Waals surface area contributed by atoms with Crippen LogP contribution in [-0.2, 0) is 16.0 Å². The predicted octanol–water partition coefficient (Wildman–Crippen LogP) is 3.27. The Labute approximate surface area is 161 Å². The maximum absolute atomic E-state index is 12.7. The minimum absolute atomic E-state index is 0.266. The number of anilines is 1. The number of rotatable bonds is 6. The molecule has 0 saturated heterocycles. The Hall–Kier alpha value is -2.67. The lowest BCUT2D eigenvalue weighted by Gasteiger charge is -2.27. The molecule has 0 spiro atoms. The number of hydrogen-bond donors (Lipinski definition) is 3. The van der Waals surface area contributed by atoms with Gasteiger partial charge in [-0.25, -0.2) is 0 Å². The zero-order chi connectivity index (χ0) is 19.4. The molecule has 7 heteroatoms. The standard InChI is InChI=1S/C20H22N2O4S/c21-17(23)16-11-13(10-12-6-2-1-3-7-12)27-19(16)22-18(24)14-8-4-5-9-15(14)20(25)26/h1-3,6-7,11,14-15H,4-5,8-10H2,(H2,21,23)(H,22,24)(H,25,26)/t14-,15+/m0/s1. The second-order valence-electron chi connectivity index (χ2n) is 6.81. The first kappa shape index (κ1) is 19.1. The second-order valence-corrected chi connectivity index (χ2v) is 7.94. The quantitative estimate of drug-likeness (QED) is 0.708. The van der Waals surface area contributed by atoms with Crippen LogP contribution >= 0.6 is 11.3 Å². The second kappa shape index (κ2) is 8.35. The fourth-order valence-electron chi connectivity index (χ4n) is 3.55. The van der Waals surface area contributed by atoms with Crippen LogP contribution in [0.1, 0.15) is 46.5 Å². The van der Waals surface area contributed by atoms with Crippen molar-refractivity contribution in [2.24, 2.45) is 17.6 Å². The largest absolute Gasteiger partial charge is 0.481 e. The number of carboxylic acid groups (broad SMARTS) is 1. The number of nitrogens with two attached hydrogens (primary N) is 1. The molecule has 2 amide bonds. The summed E-state index contributed by atoms with van der Waals surface area (Å²) in [5.74, 6) is -3.17. The number of carbonyl (C=O) groups excluding carboxylic acids is 2. The maximum Gasteiger partial charge on any atom is 0.307 e. The molecule has 27 heavy (non-hydrogen) atoms. The van der Waals surface area contributed by atoms with Crippen molar-refractivity contribution in [1.29, 1.82) is 0 Å². The van der Waals surface area contributed by atoms with E-state index in [2.05, 4.69) is 5.32 Å². The molecule has 1 saturated carbocycles. The third-order valence-corrected chi connectivity index (χ3v) is 5.98. The Morgan fingerprint density at radius 1 is 1.11 bits per heavy atom. The molecular formula is C20H22N2O4S. The monoisotopic (exact) mass is 386 g/mol. The average Bonchev–Trinajstić information content (AvgIpc) is 3.05. The summed E-state index contributed by atoms with van der Waals surface area (Å²) in [5.41, 5.74) is 6.83. The highest BCUT2D eigenvalue weighted by Gasteiger charge is 2.36. The average molecular weight is 386 g/mol. The van der Waals surface area contributed by atoms with Gasteiger partial charge in [0.1, 0.15) is 5.00 Å². The maximum atomic E-state index is 12.7. The van der Waals surface area contributed by atoms with Crippen LogP contribution in [0, 0.1) is 11.8 Å². The summed E-state index contributed by atoms with van der Waals surface area (Å²) >= 11 is 1.30. The van der Waals surface area contributed by atoms with Gasteiger partial charge in [0.15, 0.2) is 0 Å². The number of hydrogen-bond acceptors (Lipinski definition) is 4. The van der Waals surface area contributed by atoms with Crippen molar-refractivity contribution in [2.75, 3.05) is 5.32 Å². The van der Waals surface area contributed by atoms with Gasteiger partial charge in [0.25, 0.3) is 5.91 Å². The van der Waals surface area contributed by atoms with E-state index in [1.165, 1.54) is 11.3 Å². The first-order chi connectivity index (χ1) is 13.0. The lowest BCUT2D eigenvalue weighted by molar-refractivity contribution is -0.147. The SMILES string of the molecule is NC(=O)c1cc(Cc2ccccc2)sc1NC(=O)[C@H]1CCCC[C@H]1C(=O)O. The van der Waals surface area contributed by atoms with Gasteiger partial charge in [0.2, 0.25) is 5.91 Å². The molecule has 1 aliphatic carbocycles. The van der Waals surface area contributed by atoms with Crippen LogP contribution in [0.4, 0.5) is 5.00 Å². The summed E-state index contributed by atoms with van der Waals surface area (Å²) in [4.78, 5) is 36.9. The fourth-order valence-corrected chi connectivity index (χ4v) is 4.65. The molecule has 1 aliphatic rings. The van der Waals surface area contributed by atoms with Gasteiger partial charge in [-0.3, -0.25) is 14.4 Å². The molecule has 1 aromatic carbocycles. The van der Waals surface area contributed by atoms with Crippen LogP contribution in [-0.4, -0.2) is 22.9 Å². The normalized spacial score (nSPS) is 19.4. The van der Waals surface area contributed by atoms with Crippen molar-refractivity contribution in [1.82, 2.24) is 0 Å². The molecular weight excluding hydrogens is 364 g/mol. The Morgan fingerprint density at radius 2 is 1.78 bits per heavy atom. The highest BCUT2D eigenvalue weighted by molar-refractivity contribution is 7.16. The summed E-state index contributed by atoms with van der Waals surface area (Å²) in [5, 5.41) is 12.5. The summed E-state index contributed by atoms with van der Waals surface area (Å²) in [6.07, 6.45) is 3.31. The number of carboxylic acids is 1. The number of amides is 2. The Balaban J connectivity index is 1.79. The number of aliphatic carboxylic acids is 1. The fraction of sp³-hybridized carbons (Fsp3) is 0.350. The van der Waals surface area contributed by atoms with Gasteiger partial charge < -0.3 is 16.2 Å². The van der Waals surface area contributed by atoms with Crippen LogP contribution in [0.3, 0.4) is 0 Å². The summed E-state index contributed by atoms with van der Waals surface area (Å²) in [6, 6.07) is 11.5. The highest BCUT2D eigenvalue weighted by Crippen LogP contribution is 2.34. The highest BCUT2D eigenvalue weighted by atomic mass is 32.1. The Bertz CT molecular complexity index is 847. The molecule has 1 heterocycles. The van der Waals surface area contributed by atoms with Crippen LogP contribution < -0.4 is 11.1 Å². The van der Waals surface area contributed by atoms with Crippen LogP contribution in [0.5, 0.6) is 0 Å². The van der Waals surface area contributed by atoms with E-state index in [-0.39, 0.29) is 11.5 Å². The van der Waals surface area contributed by atoms with Gasteiger partial charge in [0.05, 0.1) is 17.4 Å². The third kappa shape index (κ3) is 4.54. The molecule has 0 unspecified atom stereocenters. The smallest absolute Gasteiger partial charge is 0.307 e. The molecule has 2 atom stereocenters. The van der Waals surface area contributed by atoms with Crippen LogP contribution in [0.25, 0.3) is 0 Å². The molecule has 1 fully saturated rings. The number of carbonyl (C=O) groups is 3. The lowest BCUT2D eigenvalue weighted by Crippen LogP contribution is -2.36. The van der Waals surface area contributed by atoms with E-state index in [0.29, 0.717) is 24.3 Å². The lowest BCUT2D eigenvalue weighted by atomic mass is 9.79. The number of primary amides is 1. The van der Waals surface area contributed by atoms with Gasteiger partial charge in [-0.1, -0.05) is 43.2 Å². The first-order valence-electron chi connectivity index (χ1n) is 8.96. The molecule has 4 N–H and O–H groups in total.